The second-order valence-electron chi connectivity index (χ2n) is 28.0. The normalized spacial score (nSPS) is 13.1. The molecule has 1 aliphatic carbocycles. The maximum atomic E-state index is 5.50. The van der Waals surface area contributed by atoms with Crippen LogP contribution in [0.5, 0.6) is 0 Å². The number of aromatic amines is 2. The standard InChI is InChI=1S/C18H20N8S2.C17H17N7S2.C15H13N5OS2.C15H13N5S3.C14H13N7S2/c1-11-5-15(28-24-11)22-17-18-20-8-14(12-6-21-25(2)9-12)26(18)10-16(23-17)27-13-3-4-19-7-13;1-9-5-14(26-23-9)19-16-17-18-7-13(24(17)8-15(20-16)25-2)12-6-11(21-22-12)10-3-4-10;1-9-6-12(23-19-9)17-14-15-16-7-10(11-4-3-5-21-11)20(15)8-13(18-14)22-2;1-9-5-12(23-19-9)17-14-15-16-6-11(10-3-4-22-8-10)20(15)7-13(18-14)21-2;1-8-5-11(23-20-8)17-13-14-15-6-10(9-3-4-16-19-9)21(14)7-12(18-13)22-2/h5-6,8-10,13,19H,3-4,7H2,1-2H3,(H,22,23);5-8,10H,3-4H2,1-2H3,(H,19,20)(H,21,22);2*3-8H,1-2H3,(H,17,18);3-7H,1-2H3,(H,16,19)(H,17,18). The summed E-state index contributed by atoms with van der Waals surface area (Å²) < 4.78 is 39.1. The molecule has 0 bridgehead atoms. The summed E-state index contributed by atoms with van der Waals surface area (Å²) in [6.45, 7) is 12.0. The number of thioether (sulfide) groups is 5. The predicted molar refractivity (Wildman–Crippen MR) is 500 cm³/mol. The van der Waals surface area contributed by atoms with E-state index >= 15 is 0 Å². The first-order valence-corrected chi connectivity index (χ1v) is 48.8. The smallest absolute Gasteiger partial charge is 0.181 e. The van der Waals surface area contributed by atoms with Crippen LogP contribution >= 0.6 is 128 Å². The van der Waals surface area contributed by atoms with Crippen LogP contribution in [0.3, 0.4) is 0 Å². The summed E-state index contributed by atoms with van der Waals surface area (Å²) in [4.78, 5) is 46.4. The van der Waals surface area contributed by atoms with Gasteiger partial charge in [0.25, 0.3) is 0 Å². The van der Waals surface area contributed by atoms with Crippen LogP contribution in [-0.2, 0) is 7.05 Å². The van der Waals surface area contributed by atoms with E-state index in [1.54, 1.807) is 81.7 Å². The Kier molecular flexibility index (Phi) is 24.8. The van der Waals surface area contributed by atoms with Crippen molar-refractivity contribution >= 4 is 210 Å². The number of H-pyrrole nitrogens is 2. The van der Waals surface area contributed by atoms with E-state index in [-0.39, 0.29) is 0 Å². The zero-order valence-electron chi connectivity index (χ0n) is 67.3. The lowest BCUT2D eigenvalue weighted by molar-refractivity contribution is 0.579. The van der Waals surface area contributed by atoms with Gasteiger partial charge in [-0.2, -0.15) is 48.5 Å². The van der Waals surface area contributed by atoms with Crippen molar-refractivity contribution in [1.29, 1.82) is 0 Å². The van der Waals surface area contributed by atoms with Gasteiger partial charge in [0.1, 0.15) is 61.5 Å². The van der Waals surface area contributed by atoms with Crippen molar-refractivity contribution in [2.24, 2.45) is 7.05 Å². The van der Waals surface area contributed by atoms with E-state index in [1.165, 1.54) is 81.8 Å². The number of fused-ring (bicyclic) bond motifs is 5. The lowest BCUT2D eigenvalue weighted by Gasteiger charge is -2.11. The third-order valence-electron chi connectivity index (χ3n) is 19.1. The minimum absolute atomic E-state index is 0.536. The molecule has 21 heterocycles. The molecule has 1 saturated heterocycles. The second kappa shape index (κ2) is 36.9. The van der Waals surface area contributed by atoms with Gasteiger partial charge in [-0.1, -0.05) is 0 Å². The fourth-order valence-electron chi connectivity index (χ4n) is 13.2. The third kappa shape index (κ3) is 18.8. The molecule has 1 unspecified atom stereocenters. The number of hydrogen-bond acceptors (Lipinski definition) is 36. The van der Waals surface area contributed by atoms with Crippen LogP contribution in [0, 0.1) is 34.6 Å². The number of nitrogens with zero attached hydrogens (tertiary/aromatic N) is 24. The minimum atomic E-state index is 0.536. The summed E-state index contributed by atoms with van der Waals surface area (Å²) >= 11 is 17.0. The number of aromatic nitrogens is 26. The maximum Gasteiger partial charge on any atom is 0.181 e. The Bertz CT molecular complexity index is 6630. The molecule has 44 heteroatoms. The third-order valence-corrected chi connectivity index (χ3v) is 27.4. The van der Waals surface area contributed by atoms with Gasteiger partial charge in [0.2, 0.25) is 0 Å². The zero-order chi connectivity index (χ0) is 84.2. The first-order chi connectivity index (χ1) is 60.1. The molecule has 33 nitrogen and oxygen atoms in total. The molecule has 0 aromatic carbocycles. The van der Waals surface area contributed by atoms with Crippen molar-refractivity contribution < 1.29 is 4.42 Å². The monoisotopic (exact) mass is 1840 g/mol. The molecule has 2 fully saturated rings. The van der Waals surface area contributed by atoms with Crippen molar-refractivity contribution in [3.05, 3.63) is 192 Å². The highest BCUT2D eigenvalue weighted by Crippen LogP contribution is 2.42. The summed E-state index contributed by atoms with van der Waals surface area (Å²) in [5, 5.41) is 53.3. The molecular formula is C79H76N32OS11. The molecule has 0 radical (unpaired) electrons. The number of thiophene rings is 1. The zero-order valence-corrected chi connectivity index (χ0v) is 76.3. The van der Waals surface area contributed by atoms with Gasteiger partial charge in [0.05, 0.1) is 100 Å². The lowest BCUT2D eigenvalue weighted by Crippen LogP contribution is -2.10. The number of furan rings is 1. The van der Waals surface area contributed by atoms with Crippen molar-refractivity contribution in [3.63, 3.8) is 0 Å². The quantitative estimate of drug-likeness (QED) is 0.0292. The SMILES string of the molecule is CSc1cn2c(-c3cc(C4CC4)[nH]n3)cnc2c(Nc2cc(C)ns2)n1.CSc1cn2c(-c3ccco3)cnc2c(Nc2cc(C)ns2)n1.CSc1cn2c(-c3ccn[nH]3)cnc2c(Nc2cc(C)ns2)n1.CSc1cn2c(-c3ccsc3)cnc2c(Nc2cc(C)ns2)n1.Cc1cc(Nc2nc(SC3CCNC3)cn3c(-c4cnn(C)c4)cnc23)sn1. The van der Waals surface area contributed by atoms with E-state index in [2.05, 4.69) is 161 Å². The summed E-state index contributed by atoms with van der Waals surface area (Å²) in [5.41, 5.74) is 18.9. The van der Waals surface area contributed by atoms with E-state index in [0.29, 0.717) is 22.8 Å². The van der Waals surface area contributed by atoms with Crippen molar-refractivity contribution in [1.82, 2.24) is 129 Å². The van der Waals surface area contributed by atoms with Gasteiger partial charge in [0.15, 0.2) is 63.1 Å². The predicted octanol–water partition coefficient (Wildman–Crippen LogP) is 19.6. The van der Waals surface area contributed by atoms with Crippen molar-refractivity contribution in [2.75, 3.05) is 64.7 Å². The Morgan fingerprint density at radius 3 is 1.28 bits per heavy atom. The molecule has 20 aromatic rings. The minimum Gasteiger partial charge on any atom is -0.463 e. The summed E-state index contributed by atoms with van der Waals surface area (Å²) in [6, 6.07) is 20.0. The number of nitrogens with one attached hydrogen (secondary N) is 8. The average molecular weight is 1840 g/mol. The molecule has 1 saturated carbocycles. The van der Waals surface area contributed by atoms with Crippen LogP contribution in [0.1, 0.15) is 59.3 Å². The molecule has 20 aromatic heterocycles. The van der Waals surface area contributed by atoms with E-state index in [4.69, 9.17) is 14.4 Å². The summed E-state index contributed by atoms with van der Waals surface area (Å²) in [7, 11) is 1.92. The number of imidazole rings is 5. The number of anilines is 10. The average Bonchev–Trinajstić information content (AvgIpc) is 1.66. The van der Waals surface area contributed by atoms with Crippen LogP contribution in [0.25, 0.3) is 85.0 Å². The van der Waals surface area contributed by atoms with Gasteiger partial charge in [-0.3, -0.25) is 36.9 Å². The number of aryl methyl sites for hydroxylation is 6. The Morgan fingerprint density at radius 2 is 0.886 bits per heavy atom. The van der Waals surface area contributed by atoms with Crippen LogP contribution in [-0.4, -0.2) is 167 Å². The Balaban J connectivity index is 0.000000105. The molecule has 8 N–H and O–H groups in total. The summed E-state index contributed by atoms with van der Waals surface area (Å²) in [5.74, 6) is 5.06. The molecule has 0 amide bonds. The first-order valence-electron chi connectivity index (χ1n) is 38.2. The van der Waals surface area contributed by atoms with Gasteiger partial charge in [0, 0.05) is 90.3 Å². The van der Waals surface area contributed by atoms with E-state index in [1.807, 2.05) is 198 Å². The fourth-order valence-corrected chi connectivity index (χ4v) is 19.8. The highest BCUT2D eigenvalue weighted by molar-refractivity contribution is 8.00. The van der Waals surface area contributed by atoms with Crippen LogP contribution in [0.4, 0.5) is 54.1 Å². The molecule has 123 heavy (non-hydrogen) atoms. The molecule has 0 spiro atoms. The highest BCUT2D eigenvalue weighted by atomic mass is 32.2. The van der Waals surface area contributed by atoms with Gasteiger partial charge < -0.3 is 36.3 Å². The van der Waals surface area contributed by atoms with E-state index in [9.17, 15) is 0 Å². The highest BCUT2D eigenvalue weighted by Gasteiger charge is 2.28. The number of hydrogen-bond donors (Lipinski definition) is 8. The largest absolute Gasteiger partial charge is 0.463 e. The molecule has 624 valence electrons. The lowest BCUT2D eigenvalue weighted by atomic mass is 10.2. The molecule has 2 aliphatic rings. The second-order valence-corrected chi connectivity index (χ2v) is 37.4. The fraction of sp³-hybridized carbons (Fsp3) is 0.215. The Hall–Kier alpha value is -11.4. The van der Waals surface area contributed by atoms with Crippen LogP contribution in [0.2, 0.25) is 0 Å². The van der Waals surface area contributed by atoms with Gasteiger partial charge >= 0.3 is 0 Å². The molecule has 1 atom stereocenters. The number of rotatable bonds is 22. The maximum absolute atomic E-state index is 5.50. The first kappa shape index (κ1) is 82.5. The van der Waals surface area contributed by atoms with Crippen molar-refractivity contribution in [3.8, 4) is 56.7 Å². The van der Waals surface area contributed by atoms with Gasteiger partial charge in [-0.05, 0) is 209 Å². The van der Waals surface area contributed by atoms with E-state index in [0.717, 1.165) is 195 Å². The van der Waals surface area contributed by atoms with Gasteiger partial charge in [-0.15, -0.1) is 58.8 Å². The van der Waals surface area contributed by atoms with Crippen LogP contribution in [0.15, 0.2) is 188 Å². The Morgan fingerprint density at radius 1 is 0.455 bits per heavy atom. The van der Waals surface area contributed by atoms with Crippen LogP contribution < -0.4 is 31.9 Å². The van der Waals surface area contributed by atoms with E-state index < -0.39 is 0 Å². The molecular weight excluding hydrogens is 1770 g/mol. The Labute approximate surface area is 748 Å². The van der Waals surface area contributed by atoms with Crippen molar-refractivity contribution in [2.45, 2.75) is 90.2 Å². The summed E-state index contributed by atoms with van der Waals surface area (Å²) in [6.07, 6.45) is 38.2. The topological polar surface area (TPSA) is 376 Å². The molecule has 1 aliphatic heterocycles. The van der Waals surface area contributed by atoms with Gasteiger partial charge in [-0.25, -0.2) is 49.8 Å². The molecule has 22 rings (SSSR count).